The molecule has 31 heavy (non-hydrogen) atoms. The number of nitrogens with one attached hydrogen (secondary N) is 1. The smallest absolute Gasteiger partial charge is 0.261 e. The Bertz CT molecular complexity index is 933. The van der Waals surface area contributed by atoms with E-state index in [1.807, 2.05) is 18.2 Å². The zero-order valence-electron chi connectivity index (χ0n) is 17.3. The van der Waals surface area contributed by atoms with Crippen LogP contribution in [0.1, 0.15) is 52.8 Å². The van der Waals surface area contributed by atoms with Crippen molar-refractivity contribution in [1.82, 2.24) is 4.90 Å². The van der Waals surface area contributed by atoms with Gasteiger partial charge in [-0.1, -0.05) is 24.3 Å². The molecule has 0 saturated carbocycles. The van der Waals surface area contributed by atoms with Gasteiger partial charge in [0.05, 0.1) is 22.9 Å². The average Bonchev–Trinajstić information content (AvgIpc) is 3.04. The van der Waals surface area contributed by atoms with Crippen molar-refractivity contribution < 1.29 is 23.9 Å². The number of anilines is 1. The highest BCUT2D eigenvalue weighted by Crippen LogP contribution is 2.26. The Labute approximate surface area is 181 Å². The summed E-state index contributed by atoms with van der Waals surface area (Å²) in [5, 5.41) is 2.87. The Morgan fingerprint density at radius 3 is 2.45 bits per heavy atom. The molecule has 2 aromatic carbocycles. The third-order valence-electron chi connectivity index (χ3n) is 5.52. The van der Waals surface area contributed by atoms with Crippen molar-refractivity contribution in [3.63, 3.8) is 0 Å². The van der Waals surface area contributed by atoms with E-state index in [-0.39, 0.29) is 36.8 Å². The fourth-order valence-electron chi connectivity index (χ4n) is 3.87. The molecule has 7 heteroatoms. The molecule has 2 heterocycles. The van der Waals surface area contributed by atoms with Crippen molar-refractivity contribution in [3.8, 4) is 5.75 Å². The van der Waals surface area contributed by atoms with Crippen molar-refractivity contribution in [1.29, 1.82) is 0 Å². The van der Waals surface area contributed by atoms with E-state index in [1.54, 1.807) is 30.3 Å². The highest BCUT2D eigenvalue weighted by molar-refractivity contribution is 6.21. The Balaban J connectivity index is 1.27. The molecular formula is C24H26N2O5. The fourth-order valence-corrected chi connectivity index (χ4v) is 3.87. The monoisotopic (exact) mass is 422 g/mol. The van der Waals surface area contributed by atoms with Gasteiger partial charge in [0.2, 0.25) is 5.91 Å². The minimum absolute atomic E-state index is 0.0807. The van der Waals surface area contributed by atoms with E-state index in [2.05, 4.69) is 5.32 Å². The van der Waals surface area contributed by atoms with E-state index in [0.717, 1.165) is 25.9 Å². The number of benzene rings is 2. The van der Waals surface area contributed by atoms with E-state index in [4.69, 9.17) is 9.47 Å². The number of carbonyl (C=O) groups is 3. The van der Waals surface area contributed by atoms with Crippen LogP contribution in [0.25, 0.3) is 0 Å². The molecule has 3 amide bonds. The maximum Gasteiger partial charge on any atom is 0.261 e. The summed E-state index contributed by atoms with van der Waals surface area (Å²) in [6.45, 7) is 1.42. The van der Waals surface area contributed by atoms with Crippen LogP contribution in [0.3, 0.4) is 0 Å². The molecule has 0 bridgehead atoms. The van der Waals surface area contributed by atoms with Crippen LogP contribution >= 0.6 is 0 Å². The minimum atomic E-state index is -0.301. The topological polar surface area (TPSA) is 84.9 Å². The molecule has 7 nitrogen and oxygen atoms in total. The SMILES string of the molecule is O=C(CCCN1C(=O)c2ccccc2C1=O)Nc1ccccc1OCC1CCCCO1. The van der Waals surface area contributed by atoms with Crippen molar-refractivity contribution in [2.24, 2.45) is 0 Å². The summed E-state index contributed by atoms with van der Waals surface area (Å²) < 4.78 is 11.6. The minimum Gasteiger partial charge on any atom is -0.489 e. The molecule has 1 N–H and O–H groups in total. The van der Waals surface area contributed by atoms with Gasteiger partial charge in [0.15, 0.2) is 0 Å². The third-order valence-corrected chi connectivity index (χ3v) is 5.52. The molecule has 162 valence electrons. The van der Waals surface area contributed by atoms with E-state index in [1.165, 1.54) is 4.90 Å². The first-order chi connectivity index (χ1) is 15.1. The van der Waals surface area contributed by atoms with Gasteiger partial charge in [0.1, 0.15) is 12.4 Å². The molecule has 2 aliphatic heterocycles. The summed E-state index contributed by atoms with van der Waals surface area (Å²) in [5.74, 6) is -0.193. The molecule has 0 spiro atoms. The van der Waals surface area contributed by atoms with Crippen LogP contribution in [0.2, 0.25) is 0 Å². The normalized spacial score (nSPS) is 18.1. The Morgan fingerprint density at radius 1 is 1.03 bits per heavy atom. The number of fused-ring (bicyclic) bond motifs is 1. The quantitative estimate of drug-likeness (QED) is 0.657. The van der Waals surface area contributed by atoms with Gasteiger partial charge in [-0.2, -0.15) is 0 Å². The number of hydrogen-bond donors (Lipinski definition) is 1. The van der Waals surface area contributed by atoms with E-state index < -0.39 is 0 Å². The molecule has 1 fully saturated rings. The lowest BCUT2D eigenvalue weighted by atomic mass is 10.1. The largest absolute Gasteiger partial charge is 0.489 e. The molecule has 4 rings (SSSR count). The second-order valence-electron chi connectivity index (χ2n) is 7.76. The van der Waals surface area contributed by atoms with Crippen LogP contribution in [-0.4, -0.2) is 48.5 Å². The number of rotatable bonds is 8. The zero-order valence-corrected chi connectivity index (χ0v) is 17.3. The molecule has 1 saturated heterocycles. The van der Waals surface area contributed by atoms with Gasteiger partial charge in [-0.25, -0.2) is 0 Å². The number of carbonyl (C=O) groups excluding carboxylic acids is 3. The van der Waals surface area contributed by atoms with E-state index in [0.29, 0.717) is 35.6 Å². The lowest BCUT2D eigenvalue weighted by Crippen LogP contribution is -2.31. The standard InChI is InChI=1S/C24H26N2O5/c27-22(13-7-14-26-23(28)18-9-1-2-10-19(18)24(26)29)25-20-11-3-4-12-21(20)31-16-17-8-5-6-15-30-17/h1-4,9-12,17H,5-8,13-16H2,(H,25,27). The van der Waals surface area contributed by atoms with Gasteiger partial charge < -0.3 is 14.8 Å². The number of nitrogens with zero attached hydrogens (tertiary/aromatic N) is 1. The number of hydrogen-bond acceptors (Lipinski definition) is 5. The van der Waals surface area contributed by atoms with Crippen LogP contribution < -0.4 is 10.1 Å². The van der Waals surface area contributed by atoms with Gasteiger partial charge in [-0.3, -0.25) is 19.3 Å². The number of ether oxygens (including phenoxy) is 2. The highest BCUT2D eigenvalue weighted by atomic mass is 16.5. The van der Waals surface area contributed by atoms with Crippen molar-refractivity contribution in [2.45, 2.75) is 38.2 Å². The maximum atomic E-state index is 12.4. The third kappa shape index (κ3) is 4.94. The number of amides is 3. The van der Waals surface area contributed by atoms with Crippen LogP contribution in [0.5, 0.6) is 5.75 Å². The second-order valence-corrected chi connectivity index (χ2v) is 7.76. The summed E-state index contributed by atoms with van der Waals surface area (Å²) in [4.78, 5) is 38.5. The van der Waals surface area contributed by atoms with Gasteiger partial charge in [0, 0.05) is 19.6 Å². The first-order valence-corrected chi connectivity index (χ1v) is 10.7. The van der Waals surface area contributed by atoms with Gasteiger partial charge in [-0.05, 0) is 49.9 Å². The molecule has 0 aliphatic carbocycles. The second kappa shape index (κ2) is 9.75. The Kier molecular flexibility index (Phi) is 6.62. The van der Waals surface area contributed by atoms with Gasteiger partial charge in [-0.15, -0.1) is 0 Å². The van der Waals surface area contributed by atoms with Crippen molar-refractivity contribution >= 4 is 23.4 Å². The Hall–Kier alpha value is -3.19. The summed E-state index contributed by atoms with van der Waals surface area (Å²) >= 11 is 0. The molecule has 2 aliphatic rings. The van der Waals surface area contributed by atoms with Crippen LogP contribution in [0.4, 0.5) is 5.69 Å². The summed E-state index contributed by atoms with van der Waals surface area (Å²) in [6, 6.07) is 14.1. The summed E-state index contributed by atoms with van der Waals surface area (Å²) in [5.41, 5.74) is 1.44. The zero-order chi connectivity index (χ0) is 21.6. The maximum absolute atomic E-state index is 12.4. The summed E-state index contributed by atoms with van der Waals surface area (Å²) in [7, 11) is 0. The van der Waals surface area contributed by atoms with E-state index >= 15 is 0 Å². The van der Waals surface area contributed by atoms with Gasteiger partial charge >= 0.3 is 0 Å². The molecule has 1 unspecified atom stereocenters. The van der Waals surface area contributed by atoms with Crippen molar-refractivity contribution in [3.05, 3.63) is 59.7 Å². The van der Waals surface area contributed by atoms with Crippen LogP contribution in [-0.2, 0) is 9.53 Å². The predicted octanol–water partition coefficient (Wildman–Crippen LogP) is 3.65. The molecule has 1 atom stereocenters. The summed E-state index contributed by atoms with van der Waals surface area (Å²) in [6.07, 6.45) is 3.86. The van der Waals surface area contributed by atoms with E-state index in [9.17, 15) is 14.4 Å². The number of imide groups is 1. The first kappa shape index (κ1) is 21.1. The van der Waals surface area contributed by atoms with Crippen LogP contribution in [0.15, 0.2) is 48.5 Å². The lowest BCUT2D eigenvalue weighted by molar-refractivity contribution is -0.116. The molecular weight excluding hydrogens is 396 g/mol. The number of para-hydroxylation sites is 2. The van der Waals surface area contributed by atoms with Crippen LogP contribution in [0, 0.1) is 0 Å². The van der Waals surface area contributed by atoms with Gasteiger partial charge in [0.25, 0.3) is 11.8 Å². The van der Waals surface area contributed by atoms with Crippen molar-refractivity contribution in [2.75, 3.05) is 25.1 Å². The first-order valence-electron chi connectivity index (χ1n) is 10.7. The highest BCUT2D eigenvalue weighted by Gasteiger charge is 2.34. The molecule has 0 radical (unpaired) electrons. The lowest BCUT2D eigenvalue weighted by Gasteiger charge is -2.23. The fraction of sp³-hybridized carbons (Fsp3) is 0.375. The average molecular weight is 422 g/mol. The molecule has 0 aromatic heterocycles. The Morgan fingerprint density at radius 2 is 1.74 bits per heavy atom. The predicted molar refractivity (Wildman–Crippen MR) is 115 cm³/mol. The molecule has 2 aromatic rings.